The van der Waals surface area contributed by atoms with Crippen LogP contribution in [0.3, 0.4) is 0 Å². The van der Waals surface area contributed by atoms with Crippen molar-refractivity contribution in [1.29, 1.82) is 0 Å². The molecule has 1 saturated heterocycles. The molecule has 2 rings (SSSR count). The number of amides is 2. The summed E-state index contributed by atoms with van der Waals surface area (Å²) in [5.74, 6) is -1.34. The van der Waals surface area contributed by atoms with E-state index in [9.17, 15) is 18.0 Å². The van der Waals surface area contributed by atoms with Crippen LogP contribution in [0.25, 0.3) is 0 Å². The lowest BCUT2D eigenvalue weighted by Crippen LogP contribution is -2.30. The Labute approximate surface area is 140 Å². The molecule has 0 spiro atoms. The van der Waals surface area contributed by atoms with Crippen molar-refractivity contribution in [3.63, 3.8) is 0 Å². The van der Waals surface area contributed by atoms with Crippen molar-refractivity contribution in [3.8, 4) is 0 Å². The highest BCUT2D eigenvalue weighted by Crippen LogP contribution is 2.31. The van der Waals surface area contributed by atoms with Crippen LogP contribution in [0, 0.1) is 11.8 Å². The second-order valence-electron chi connectivity index (χ2n) is 6.05. The number of carbonyl (C=O) groups excluding carboxylic acids is 2. The van der Waals surface area contributed by atoms with Crippen molar-refractivity contribution in [1.82, 2.24) is 5.32 Å². The number of benzene rings is 1. The van der Waals surface area contributed by atoms with Gasteiger partial charge in [0.2, 0.25) is 15.9 Å². The fraction of sp³-hybridized carbons (Fsp3) is 0.467. The van der Waals surface area contributed by atoms with Crippen LogP contribution in [-0.4, -0.2) is 32.5 Å². The predicted octanol–water partition coefficient (Wildman–Crippen LogP) is 2.04. The SMILES string of the molecule is CC(C)CNC(=O)c1ccc(N2C(=O)[C@@H](C)CS2(=O)=O)cc1Cl. The summed E-state index contributed by atoms with van der Waals surface area (Å²) in [5, 5.41) is 2.84. The lowest BCUT2D eigenvalue weighted by atomic mass is 10.1. The monoisotopic (exact) mass is 358 g/mol. The largest absolute Gasteiger partial charge is 0.352 e. The van der Waals surface area contributed by atoms with E-state index < -0.39 is 21.8 Å². The fourth-order valence-corrected chi connectivity index (χ4v) is 4.37. The number of carbonyl (C=O) groups is 2. The number of nitrogens with zero attached hydrogens (tertiary/aromatic N) is 1. The van der Waals surface area contributed by atoms with E-state index in [2.05, 4.69) is 5.32 Å². The summed E-state index contributed by atoms with van der Waals surface area (Å²) in [4.78, 5) is 24.1. The Hall–Kier alpha value is -1.60. The Morgan fingerprint density at radius 2 is 2.09 bits per heavy atom. The van der Waals surface area contributed by atoms with E-state index in [0.717, 1.165) is 4.31 Å². The van der Waals surface area contributed by atoms with Gasteiger partial charge in [0.25, 0.3) is 5.91 Å². The van der Waals surface area contributed by atoms with Gasteiger partial charge in [0.15, 0.2) is 0 Å². The van der Waals surface area contributed by atoms with Crippen LogP contribution < -0.4 is 9.62 Å². The summed E-state index contributed by atoms with van der Waals surface area (Å²) in [6.07, 6.45) is 0. The van der Waals surface area contributed by atoms with Gasteiger partial charge in [-0.1, -0.05) is 32.4 Å². The molecule has 23 heavy (non-hydrogen) atoms. The molecule has 0 unspecified atom stereocenters. The quantitative estimate of drug-likeness (QED) is 0.892. The summed E-state index contributed by atoms with van der Waals surface area (Å²) < 4.78 is 24.9. The van der Waals surface area contributed by atoms with Gasteiger partial charge in [-0.3, -0.25) is 9.59 Å². The number of halogens is 1. The number of nitrogens with one attached hydrogen (secondary N) is 1. The number of anilines is 1. The summed E-state index contributed by atoms with van der Waals surface area (Å²) in [5.41, 5.74) is 0.401. The standard InChI is InChI=1S/C15H19ClN2O4S/c1-9(2)7-17-14(19)12-5-4-11(6-13(12)16)18-15(20)10(3)8-23(18,21)22/h4-6,9-10H,7-8H2,1-3H3,(H,17,19)/t10-/m0/s1. The Bertz CT molecular complexity index is 746. The van der Waals surface area contributed by atoms with Crippen molar-refractivity contribution >= 4 is 39.1 Å². The molecular formula is C15H19ClN2O4S. The zero-order valence-electron chi connectivity index (χ0n) is 13.2. The first-order valence-corrected chi connectivity index (χ1v) is 9.26. The zero-order valence-corrected chi connectivity index (χ0v) is 14.7. The highest BCUT2D eigenvalue weighted by atomic mass is 35.5. The van der Waals surface area contributed by atoms with Crippen LogP contribution >= 0.6 is 11.6 Å². The van der Waals surface area contributed by atoms with Gasteiger partial charge in [-0.15, -0.1) is 0 Å². The molecule has 2 amide bonds. The summed E-state index contributed by atoms with van der Waals surface area (Å²) in [6.45, 7) is 6.01. The van der Waals surface area contributed by atoms with Gasteiger partial charge in [0, 0.05) is 6.54 Å². The Kier molecular flexibility index (Phi) is 5.01. The molecule has 0 aromatic heterocycles. The normalized spacial score (nSPS) is 20.1. The van der Waals surface area contributed by atoms with Crippen molar-refractivity contribution in [2.75, 3.05) is 16.6 Å². The summed E-state index contributed by atoms with van der Waals surface area (Å²) >= 11 is 6.10. The first-order chi connectivity index (χ1) is 10.6. The van der Waals surface area contributed by atoms with Crippen LogP contribution in [-0.2, 0) is 14.8 Å². The van der Waals surface area contributed by atoms with E-state index in [1.807, 2.05) is 13.8 Å². The van der Waals surface area contributed by atoms with Crippen molar-refractivity contribution in [2.45, 2.75) is 20.8 Å². The molecule has 1 aromatic rings. The molecule has 0 radical (unpaired) electrons. The maximum absolute atomic E-state index is 12.1. The van der Waals surface area contributed by atoms with Gasteiger partial charge in [0.05, 0.1) is 27.9 Å². The third-order valence-electron chi connectivity index (χ3n) is 3.46. The summed E-state index contributed by atoms with van der Waals surface area (Å²) in [7, 11) is -3.69. The van der Waals surface area contributed by atoms with E-state index in [-0.39, 0.29) is 27.9 Å². The van der Waals surface area contributed by atoms with Gasteiger partial charge in [0.1, 0.15) is 0 Å². The first-order valence-electron chi connectivity index (χ1n) is 7.28. The van der Waals surface area contributed by atoms with Gasteiger partial charge in [-0.2, -0.15) is 0 Å². The van der Waals surface area contributed by atoms with Gasteiger partial charge in [-0.25, -0.2) is 12.7 Å². The first kappa shape index (κ1) is 17.7. The average Bonchev–Trinajstić information content (AvgIpc) is 2.64. The van der Waals surface area contributed by atoms with Gasteiger partial charge in [-0.05, 0) is 24.1 Å². The van der Waals surface area contributed by atoms with Crippen molar-refractivity contribution in [3.05, 3.63) is 28.8 Å². The molecule has 1 atom stereocenters. The number of rotatable bonds is 4. The lowest BCUT2D eigenvalue weighted by molar-refractivity contribution is -0.119. The number of sulfonamides is 1. The Morgan fingerprint density at radius 1 is 1.43 bits per heavy atom. The van der Waals surface area contributed by atoms with E-state index in [1.165, 1.54) is 18.2 Å². The minimum atomic E-state index is -3.69. The highest BCUT2D eigenvalue weighted by Gasteiger charge is 2.42. The molecule has 8 heteroatoms. The van der Waals surface area contributed by atoms with E-state index in [0.29, 0.717) is 12.5 Å². The van der Waals surface area contributed by atoms with Crippen LogP contribution in [0.15, 0.2) is 18.2 Å². The van der Waals surface area contributed by atoms with Crippen LogP contribution in [0.5, 0.6) is 0 Å². The fourth-order valence-electron chi connectivity index (χ4n) is 2.29. The molecule has 0 saturated carbocycles. The minimum Gasteiger partial charge on any atom is -0.352 e. The smallest absolute Gasteiger partial charge is 0.252 e. The molecule has 1 aromatic carbocycles. The molecule has 126 valence electrons. The molecular weight excluding hydrogens is 340 g/mol. The third kappa shape index (κ3) is 3.67. The molecule has 1 fully saturated rings. The second kappa shape index (κ2) is 6.49. The van der Waals surface area contributed by atoms with Crippen LogP contribution in [0.4, 0.5) is 5.69 Å². The van der Waals surface area contributed by atoms with Crippen LogP contribution in [0.1, 0.15) is 31.1 Å². The third-order valence-corrected chi connectivity index (χ3v) is 5.64. The van der Waals surface area contributed by atoms with E-state index >= 15 is 0 Å². The van der Waals surface area contributed by atoms with Crippen molar-refractivity contribution in [2.24, 2.45) is 11.8 Å². The molecule has 1 aliphatic rings. The lowest BCUT2D eigenvalue weighted by Gasteiger charge is -2.16. The second-order valence-corrected chi connectivity index (χ2v) is 8.32. The van der Waals surface area contributed by atoms with Crippen molar-refractivity contribution < 1.29 is 18.0 Å². The van der Waals surface area contributed by atoms with Crippen LogP contribution in [0.2, 0.25) is 5.02 Å². The number of hydrogen-bond acceptors (Lipinski definition) is 4. The average molecular weight is 359 g/mol. The number of hydrogen-bond donors (Lipinski definition) is 1. The molecule has 6 nitrogen and oxygen atoms in total. The predicted molar refractivity (Wildman–Crippen MR) is 89.1 cm³/mol. The van der Waals surface area contributed by atoms with E-state index in [4.69, 9.17) is 11.6 Å². The topological polar surface area (TPSA) is 83.6 Å². The maximum Gasteiger partial charge on any atom is 0.252 e. The van der Waals surface area contributed by atoms with Gasteiger partial charge >= 0.3 is 0 Å². The minimum absolute atomic E-state index is 0.103. The zero-order chi connectivity index (χ0) is 17.4. The molecule has 1 N–H and O–H groups in total. The molecule has 0 bridgehead atoms. The van der Waals surface area contributed by atoms with Gasteiger partial charge < -0.3 is 5.32 Å². The molecule has 1 aliphatic heterocycles. The molecule has 0 aliphatic carbocycles. The summed E-state index contributed by atoms with van der Waals surface area (Å²) in [6, 6.07) is 4.18. The maximum atomic E-state index is 12.1. The molecule has 1 heterocycles. The van der Waals surface area contributed by atoms with E-state index in [1.54, 1.807) is 6.92 Å². The highest BCUT2D eigenvalue weighted by molar-refractivity contribution is 7.94. The Morgan fingerprint density at radius 3 is 2.57 bits per heavy atom. The Balaban J connectivity index is 2.29.